The highest BCUT2D eigenvalue weighted by Crippen LogP contribution is 2.13. The molecular formula is C14H30N4. The minimum atomic E-state index is 0.666. The molecule has 0 saturated carbocycles. The molecule has 1 aliphatic heterocycles. The fourth-order valence-corrected chi connectivity index (χ4v) is 2.58. The zero-order chi connectivity index (χ0) is 13.5. The van der Waals surface area contributed by atoms with E-state index >= 15 is 0 Å². The van der Waals surface area contributed by atoms with Gasteiger partial charge in [0.05, 0.1) is 0 Å². The molecule has 4 nitrogen and oxygen atoms in total. The van der Waals surface area contributed by atoms with E-state index in [1.807, 2.05) is 28.2 Å². The van der Waals surface area contributed by atoms with E-state index in [0.717, 1.165) is 18.9 Å². The number of rotatable bonds is 4. The van der Waals surface area contributed by atoms with E-state index in [-0.39, 0.29) is 0 Å². The van der Waals surface area contributed by atoms with Gasteiger partial charge in [0.25, 0.3) is 0 Å². The van der Waals surface area contributed by atoms with Crippen LogP contribution in [0.15, 0.2) is 4.99 Å². The van der Waals surface area contributed by atoms with Gasteiger partial charge in [0.15, 0.2) is 5.96 Å². The lowest BCUT2D eigenvalue weighted by atomic mass is 10.1. The van der Waals surface area contributed by atoms with Crippen molar-refractivity contribution in [1.82, 2.24) is 14.7 Å². The summed E-state index contributed by atoms with van der Waals surface area (Å²) < 4.78 is 0. The normalized spacial score (nSPS) is 18.3. The van der Waals surface area contributed by atoms with Crippen LogP contribution in [0.1, 0.15) is 32.6 Å². The van der Waals surface area contributed by atoms with Crippen LogP contribution in [0.2, 0.25) is 0 Å². The topological polar surface area (TPSA) is 22.1 Å². The predicted molar refractivity (Wildman–Crippen MR) is 79.2 cm³/mol. The third-order valence-corrected chi connectivity index (χ3v) is 3.61. The summed E-state index contributed by atoms with van der Waals surface area (Å²) >= 11 is 0. The smallest absolute Gasteiger partial charge is 0.195 e. The van der Waals surface area contributed by atoms with Gasteiger partial charge in [-0.25, -0.2) is 0 Å². The minimum Gasteiger partial charge on any atom is -0.349 e. The molecule has 0 amide bonds. The Hall–Kier alpha value is -0.770. The summed E-state index contributed by atoms with van der Waals surface area (Å²) in [5, 5.41) is 0. The first-order valence-corrected chi connectivity index (χ1v) is 7.15. The van der Waals surface area contributed by atoms with Crippen molar-refractivity contribution in [3.05, 3.63) is 0 Å². The SMILES string of the molecule is CC(CCN=C(N(C)C)N(C)C)N1CCCCC1. The van der Waals surface area contributed by atoms with Gasteiger partial charge >= 0.3 is 0 Å². The Morgan fingerprint density at radius 1 is 1.06 bits per heavy atom. The Balaban J connectivity index is 2.36. The van der Waals surface area contributed by atoms with Crippen LogP contribution in [-0.4, -0.2) is 74.5 Å². The van der Waals surface area contributed by atoms with Crippen molar-refractivity contribution in [1.29, 1.82) is 0 Å². The summed E-state index contributed by atoms with van der Waals surface area (Å²) in [5.41, 5.74) is 0. The molecule has 0 aromatic heterocycles. The van der Waals surface area contributed by atoms with Crippen LogP contribution in [-0.2, 0) is 0 Å². The Morgan fingerprint density at radius 2 is 1.61 bits per heavy atom. The van der Waals surface area contributed by atoms with Crippen LogP contribution in [0.3, 0.4) is 0 Å². The zero-order valence-electron chi connectivity index (χ0n) is 12.8. The summed E-state index contributed by atoms with van der Waals surface area (Å²) in [5.74, 6) is 1.06. The molecule has 1 saturated heterocycles. The molecule has 4 heteroatoms. The van der Waals surface area contributed by atoms with Crippen LogP contribution in [0, 0.1) is 0 Å². The quantitative estimate of drug-likeness (QED) is 0.563. The molecule has 0 radical (unpaired) electrons. The number of hydrogen-bond acceptors (Lipinski definition) is 2. The first-order chi connectivity index (χ1) is 8.52. The number of aliphatic imine (C=N–C) groups is 1. The molecule has 0 N–H and O–H groups in total. The summed E-state index contributed by atoms with van der Waals surface area (Å²) in [4.78, 5) is 11.5. The minimum absolute atomic E-state index is 0.666. The largest absolute Gasteiger partial charge is 0.349 e. The van der Waals surface area contributed by atoms with E-state index in [9.17, 15) is 0 Å². The summed E-state index contributed by atoms with van der Waals surface area (Å²) in [6, 6.07) is 0.666. The third-order valence-electron chi connectivity index (χ3n) is 3.61. The Labute approximate surface area is 113 Å². The summed E-state index contributed by atoms with van der Waals surface area (Å²) in [6.45, 7) is 5.81. The fraction of sp³-hybridized carbons (Fsp3) is 0.929. The average molecular weight is 254 g/mol. The maximum atomic E-state index is 4.70. The van der Waals surface area contributed by atoms with Crippen LogP contribution >= 0.6 is 0 Å². The van der Waals surface area contributed by atoms with Gasteiger partial charge in [-0.3, -0.25) is 4.99 Å². The van der Waals surface area contributed by atoms with Crippen molar-refractivity contribution in [3.8, 4) is 0 Å². The second kappa shape index (κ2) is 7.62. The van der Waals surface area contributed by atoms with E-state index in [4.69, 9.17) is 4.99 Å². The molecule has 0 aromatic rings. The van der Waals surface area contributed by atoms with Gasteiger partial charge < -0.3 is 14.7 Å². The molecule has 1 fully saturated rings. The standard InChI is InChI=1S/C14H30N4/c1-13(18-11-7-6-8-12-18)9-10-15-14(16(2)3)17(4)5/h13H,6-12H2,1-5H3. The molecule has 106 valence electrons. The molecular weight excluding hydrogens is 224 g/mol. The van der Waals surface area contributed by atoms with Gasteiger partial charge in [0, 0.05) is 40.8 Å². The molecule has 1 rings (SSSR count). The van der Waals surface area contributed by atoms with Crippen LogP contribution in [0.25, 0.3) is 0 Å². The Bertz CT molecular complexity index is 245. The maximum absolute atomic E-state index is 4.70. The molecule has 1 heterocycles. The van der Waals surface area contributed by atoms with Gasteiger partial charge in [-0.05, 0) is 39.3 Å². The van der Waals surface area contributed by atoms with E-state index in [1.54, 1.807) is 0 Å². The van der Waals surface area contributed by atoms with E-state index < -0.39 is 0 Å². The van der Waals surface area contributed by atoms with Crippen molar-refractivity contribution < 1.29 is 0 Å². The molecule has 0 spiro atoms. The molecule has 1 atom stereocenters. The predicted octanol–water partition coefficient (Wildman–Crippen LogP) is 1.73. The number of nitrogens with zero attached hydrogens (tertiary/aromatic N) is 4. The number of piperidine rings is 1. The van der Waals surface area contributed by atoms with E-state index in [2.05, 4.69) is 21.6 Å². The van der Waals surface area contributed by atoms with Gasteiger partial charge in [-0.15, -0.1) is 0 Å². The summed E-state index contributed by atoms with van der Waals surface area (Å²) in [7, 11) is 8.19. The van der Waals surface area contributed by atoms with Gasteiger partial charge in [-0.1, -0.05) is 6.42 Å². The summed E-state index contributed by atoms with van der Waals surface area (Å²) in [6.07, 6.45) is 5.31. The maximum Gasteiger partial charge on any atom is 0.195 e. The number of guanidine groups is 1. The first-order valence-electron chi connectivity index (χ1n) is 7.15. The molecule has 0 aliphatic carbocycles. The lowest BCUT2D eigenvalue weighted by Crippen LogP contribution is -2.38. The van der Waals surface area contributed by atoms with Crippen LogP contribution < -0.4 is 0 Å². The molecule has 0 bridgehead atoms. The lowest BCUT2D eigenvalue weighted by Gasteiger charge is -2.32. The molecule has 0 aromatic carbocycles. The monoisotopic (exact) mass is 254 g/mol. The highest BCUT2D eigenvalue weighted by atomic mass is 15.3. The Morgan fingerprint density at radius 3 is 2.11 bits per heavy atom. The second-order valence-corrected chi connectivity index (χ2v) is 5.70. The van der Waals surface area contributed by atoms with Gasteiger partial charge in [-0.2, -0.15) is 0 Å². The van der Waals surface area contributed by atoms with Crippen molar-refractivity contribution in [2.45, 2.75) is 38.6 Å². The van der Waals surface area contributed by atoms with Gasteiger partial charge in [0.2, 0.25) is 0 Å². The van der Waals surface area contributed by atoms with E-state index in [1.165, 1.54) is 32.4 Å². The van der Waals surface area contributed by atoms with Crippen LogP contribution in [0.5, 0.6) is 0 Å². The first kappa shape index (κ1) is 15.3. The number of hydrogen-bond donors (Lipinski definition) is 0. The highest BCUT2D eigenvalue weighted by Gasteiger charge is 2.16. The average Bonchev–Trinajstić information content (AvgIpc) is 2.34. The molecule has 18 heavy (non-hydrogen) atoms. The third kappa shape index (κ3) is 4.84. The molecule has 1 aliphatic rings. The van der Waals surface area contributed by atoms with Crippen molar-refractivity contribution >= 4 is 5.96 Å². The van der Waals surface area contributed by atoms with Gasteiger partial charge in [0.1, 0.15) is 0 Å². The number of likely N-dealkylation sites (tertiary alicyclic amines) is 1. The Kier molecular flexibility index (Phi) is 6.47. The van der Waals surface area contributed by atoms with Crippen molar-refractivity contribution in [2.24, 2.45) is 4.99 Å². The van der Waals surface area contributed by atoms with Crippen molar-refractivity contribution in [2.75, 3.05) is 47.8 Å². The van der Waals surface area contributed by atoms with Crippen LogP contribution in [0.4, 0.5) is 0 Å². The lowest BCUT2D eigenvalue weighted by molar-refractivity contribution is 0.168. The zero-order valence-corrected chi connectivity index (χ0v) is 12.8. The van der Waals surface area contributed by atoms with E-state index in [0.29, 0.717) is 6.04 Å². The fourth-order valence-electron chi connectivity index (χ4n) is 2.58. The molecule has 1 unspecified atom stereocenters. The van der Waals surface area contributed by atoms with Crippen molar-refractivity contribution in [3.63, 3.8) is 0 Å². The highest BCUT2D eigenvalue weighted by molar-refractivity contribution is 5.79. The second-order valence-electron chi connectivity index (χ2n) is 5.70.